The lowest BCUT2D eigenvalue weighted by molar-refractivity contribution is -0.139. The maximum Gasteiger partial charge on any atom is 0.264 e. The first-order valence-electron chi connectivity index (χ1n) is 28.6. The van der Waals surface area contributed by atoms with Gasteiger partial charge in [0.05, 0.1) is 4.88 Å². The van der Waals surface area contributed by atoms with Crippen LogP contribution in [0, 0.1) is 17.8 Å². The molecule has 0 aliphatic carbocycles. The van der Waals surface area contributed by atoms with Crippen LogP contribution in [-0.4, -0.2) is 144 Å². The third-order valence-corrected chi connectivity index (χ3v) is 14.5. The number of amides is 10. The molecular formula is C57H99N11O10S. The Bertz CT molecular complexity index is 2180. The predicted molar refractivity (Wildman–Crippen MR) is 308 cm³/mol. The van der Waals surface area contributed by atoms with Gasteiger partial charge in [-0.3, -0.25) is 47.9 Å². The highest BCUT2D eigenvalue weighted by Crippen LogP contribution is 2.23. The maximum atomic E-state index is 14.3. The van der Waals surface area contributed by atoms with Crippen molar-refractivity contribution in [2.24, 2.45) is 17.8 Å². The Hall–Kier alpha value is -5.64. The van der Waals surface area contributed by atoms with Crippen LogP contribution in [0.25, 0.3) is 0 Å². The van der Waals surface area contributed by atoms with Crippen LogP contribution in [0.3, 0.4) is 0 Å². The van der Waals surface area contributed by atoms with E-state index < -0.39 is 94.1 Å². The number of carbonyl (C=O) groups excluding carboxylic acids is 10. The van der Waals surface area contributed by atoms with Crippen LogP contribution in [0.15, 0.2) is 17.5 Å². The second kappa shape index (κ2) is 33.2. The molecule has 1 aromatic rings. The molecule has 0 aromatic carbocycles. The first kappa shape index (κ1) is 69.5. The highest BCUT2D eigenvalue weighted by Gasteiger charge is 2.41. The van der Waals surface area contributed by atoms with E-state index in [1.807, 2.05) is 48.5 Å². The number of hydrogen-bond acceptors (Lipinski definition) is 12. The lowest BCUT2D eigenvalue weighted by Gasteiger charge is -2.34. The van der Waals surface area contributed by atoms with E-state index in [9.17, 15) is 47.9 Å². The molecule has 79 heavy (non-hydrogen) atoms. The van der Waals surface area contributed by atoms with Crippen molar-refractivity contribution in [2.75, 3.05) is 26.7 Å². The number of nitrogens with zero attached hydrogens (tertiary/aromatic N) is 1. The summed E-state index contributed by atoms with van der Waals surface area (Å²) in [5.74, 6) is -5.74. The zero-order valence-corrected chi connectivity index (χ0v) is 51.0. The summed E-state index contributed by atoms with van der Waals surface area (Å²) in [6, 6.07) is -1.80. The summed E-state index contributed by atoms with van der Waals surface area (Å²) in [5, 5.41) is 29.9. The Morgan fingerprint density at radius 1 is 0.608 bits per heavy atom. The molecule has 0 radical (unpaired) electrons. The number of likely N-dealkylation sites (N-methyl/N-ethyl adjacent to an activating group) is 1. The van der Waals surface area contributed by atoms with Crippen LogP contribution in [0.4, 0.5) is 0 Å². The Kier molecular flexibility index (Phi) is 29.2. The van der Waals surface area contributed by atoms with Crippen molar-refractivity contribution >= 4 is 70.4 Å². The fraction of sp³-hybridized carbons (Fsp3) is 0.754. The SMILES string of the molecule is CCCCCCCCC(NC(=O)[C@@H]1CCCN1C(=O)c1cccs1)C(=O)N[C@@H](CC(C)C)C(=O)NC(C)(C)C(=O)N[C@@H](CC(C)C)C(=O)N[C@@H](CC(C)C)C(=O)NC(C)(C)C(=O)NC(C)(C)C(=O)NCCC(=O)N[C@@H](C)CNC. The molecule has 0 bridgehead atoms. The molecule has 1 aromatic heterocycles. The van der Waals surface area contributed by atoms with Crippen molar-refractivity contribution < 1.29 is 47.9 Å². The minimum absolute atomic E-state index is 0.0260. The monoisotopic (exact) mass is 1130 g/mol. The number of likely N-dealkylation sites (tertiary alicyclic amines) is 1. The van der Waals surface area contributed by atoms with Gasteiger partial charge in [-0.25, -0.2) is 0 Å². The number of thiophene rings is 1. The summed E-state index contributed by atoms with van der Waals surface area (Å²) in [5.41, 5.74) is -4.65. The minimum atomic E-state index is -1.63. The Labute approximate surface area is 474 Å². The molecule has 1 saturated heterocycles. The van der Waals surface area contributed by atoms with Crippen molar-refractivity contribution in [2.45, 2.75) is 233 Å². The fourth-order valence-electron chi connectivity index (χ4n) is 9.10. The van der Waals surface area contributed by atoms with E-state index in [2.05, 4.69) is 60.1 Å². The van der Waals surface area contributed by atoms with Gasteiger partial charge in [-0.05, 0) is 123 Å². The molecule has 10 N–H and O–H groups in total. The molecule has 0 saturated carbocycles. The molecule has 1 fully saturated rings. The molecule has 21 nitrogen and oxygen atoms in total. The molecule has 448 valence electrons. The summed E-state index contributed by atoms with van der Waals surface area (Å²) in [6.07, 6.45) is 7.60. The van der Waals surface area contributed by atoms with Crippen molar-refractivity contribution in [3.8, 4) is 0 Å². The van der Waals surface area contributed by atoms with Crippen molar-refractivity contribution in [1.82, 2.24) is 58.1 Å². The second-order valence-electron chi connectivity index (χ2n) is 24.1. The van der Waals surface area contributed by atoms with Gasteiger partial charge in [-0.15, -0.1) is 11.3 Å². The summed E-state index contributed by atoms with van der Waals surface area (Å²) >= 11 is 1.30. The van der Waals surface area contributed by atoms with Crippen molar-refractivity contribution in [3.63, 3.8) is 0 Å². The third-order valence-electron chi connectivity index (χ3n) is 13.6. The predicted octanol–water partition coefficient (Wildman–Crippen LogP) is 4.10. The largest absolute Gasteiger partial charge is 0.354 e. The molecule has 10 amide bonds. The smallest absolute Gasteiger partial charge is 0.264 e. The van der Waals surface area contributed by atoms with E-state index in [4.69, 9.17) is 0 Å². The molecule has 1 aliphatic rings. The molecule has 2 heterocycles. The van der Waals surface area contributed by atoms with Crippen LogP contribution in [-0.2, 0) is 43.2 Å². The van der Waals surface area contributed by atoms with Gasteiger partial charge in [0, 0.05) is 32.1 Å². The van der Waals surface area contributed by atoms with E-state index in [1.54, 1.807) is 29.5 Å². The van der Waals surface area contributed by atoms with E-state index in [0.717, 1.165) is 32.1 Å². The zero-order chi connectivity index (χ0) is 59.8. The summed E-state index contributed by atoms with van der Waals surface area (Å²) in [4.78, 5) is 140. The summed E-state index contributed by atoms with van der Waals surface area (Å²) in [7, 11) is 1.77. The molecular weight excluding hydrogens is 1030 g/mol. The van der Waals surface area contributed by atoms with E-state index in [0.29, 0.717) is 43.6 Å². The quantitative estimate of drug-likeness (QED) is 0.0432. The van der Waals surface area contributed by atoms with Gasteiger partial charge < -0.3 is 58.1 Å². The highest BCUT2D eigenvalue weighted by atomic mass is 32.1. The number of unbranched alkanes of at least 4 members (excludes halogenated alkanes) is 5. The Morgan fingerprint density at radius 2 is 1.11 bits per heavy atom. The maximum absolute atomic E-state index is 14.3. The van der Waals surface area contributed by atoms with Gasteiger partial charge in [0.15, 0.2) is 0 Å². The summed E-state index contributed by atoms with van der Waals surface area (Å²) < 4.78 is 0. The minimum Gasteiger partial charge on any atom is -0.354 e. The van der Waals surface area contributed by atoms with Gasteiger partial charge in [-0.2, -0.15) is 0 Å². The highest BCUT2D eigenvalue weighted by molar-refractivity contribution is 7.12. The van der Waals surface area contributed by atoms with Gasteiger partial charge in [0.1, 0.15) is 46.8 Å². The normalized spacial score (nSPS) is 15.8. The number of nitrogens with one attached hydrogen (secondary N) is 10. The first-order valence-corrected chi connectivity index (χ1v) is 29.5. The summed E-state index contributed by atoms with van der Waals surface area (Å²) in [6.45, 7) is 25.1. The number of carbonyl (C=O) groups is 10. The zero-order valence-electron chi connectivity index (χ0n) is 50.2. The van der Waals surface area contributed by atoms with Gasteiger partial charge in [-0.1, -0.05) is 93.1 Å². The molecule has 1 aliphatic heterocycles. The molecule has 2 rings (SSSR count). The van der Waals surface area contributed by atoms with E-state index >= 15 is 0 Å². The molecule has 6 atom stereocenters. The average Bonchev–Trinajstić information content (AvgIpc) is 4.07. The third kappa shape index (κ3) is 24.3. The van der Waals surface area contributed by atoms with Crippen LogP contribution in [0.5, 0.6) is 0 Å². The van der Waals surface area contributed by atoms with Gasteiger partial charge in [0.25, 0.3) is 5.91 Å². The van der Waals surface area contributed by atoms with Gasteiger partial charge in [0.2, 0.25) is 53.2 Å². The molecule has 0 spiro atoms. The lowest BCUT2D eigenvalue weighted by atomic mass is 9.96. The first-order chi connectivity index (χ1) is 36.8. The lowest BCUT2D eigenvalue weighted by Crippen LogP contribution is -2.65. The van der Waals surface area contributed by atoms with Gasteiger partial charge >= 0.3 is 0 Å². The van der Waals surface area contributed by atoms with E-state index in [1.165, 1.54) is 52.9 Å². The van der Waals surface area contributed by atoms with Crippen molar-refractivity contribution in [1.29, 1.82) is 0 Å². The van der Waals surface area contributed by atoms with Crippen LogP contribution in [0.2, 0.25) is 0 Å². The van der Waals surface area contributed by atoms with E-state index in [-0.39, 0.29) is 67.8 Å². The number of hydrogen-bond donors (Lipinski definition) is 10. The average molecular weight is 1130 g/mol. The van der Waals surface area contributed by atoms with Crippen LogP contribution < -0.4 is 53.2 Å². The fourth-order valence-corrected chi connectivity index (χ4v) is 9.78. The van der Waals surface area contributed by atoms with Crippen LogP contribution >= 0.6 is 11.3 Å². The Morgan fingerprint density at radius 3 is 1.63 bits per heavy atom. The molecule has 22 heteroatoms. The topological polar surface area (TPSA) is 294 Å². The standard InChI is InChI=1S/C57H99N11O10S/c1-16-17-18-19-20-21-24-39(61-50(74)43-25-22-29-68(43)51(75)44-26-23-30-79-44)46(70)62-41(32-36(4)5)48(72)65-56(11,12)53(77)64-40(31-35(2)3)47(71)63-42(33-37(6)7)49(73)66-57(13,14)54(78)67-55(9,10)52(76)59-28-27-45(69)60-38(8)34-58-15/h23,26,30,35-43,58H,16-22,24-25,27-29,31-34H2,1-15H3,(H,59,76)(H,60,69)(H,61,74)(H,62,70)(H,63,71)(H,64,77)(H,65,72)(H,66,73)(H,67,78)/t38-,39?,40-,41-,42-,43-/m0/s1. The van der Waals surface area contributed by atoms with Crippen LogP contribution in [0.1, 0.15) is 190 Å². The number of rotatable bonds is 35. The van der Waals surface area contributed by atoms with Crippen molar-refractivity contribution in [3.05, 3.63) is 22.4 Å². The molecule has 1 unspecified atom stereocenters. The Balaban J connectivity index is 2.24. The second-order valence-corrected chi connectivity index (χ2v) is 25.1.